The van der Waals surface area contributed by atoms with E-state index in [0.717, 1.165) is 16.5 Å². The zero-order valence-corrected chi connectivity index (χ0v) is 12.5. The van der Waals surface area contributed by atoms with Gasteiger partial charge in [-0.1, -0.05) is 18.2 Å². The number of piperazine rings is 1. The van der Waals surface area contributed by atoms with Crippen LogP contribution in [0, 0.1) is 0 Å². The van der Waals surface area contributed by atoms with Crippen molar-refractivity contribution >= 4 is 22.8 Å². The smallest absolute Gasteiger partial charge is 0.325 e. The summed E-state index contributed by atoms with van der Waals surface area (Å²) in [6, 6.07) is 7.01. The number of fused-ring (bicyclic) bond motifs is 1. The van der Waals surface area contributed by atoms with Crippen LogP contribution in [0.4, 0.5) is 0 Å². The summed E-state index contributed by atoms with van der Waals surface area (Å²) in [7, 11) is 0. The van der Waals surface area contributed by atoms with Gasteiger partial charge >= 0.3 is 5.97 Å². The van der Waals surface area contributed by atoms with Gasteiger partial charge in [-0.3, -0.25) is 14.5 Å². The Morgan fingerprint density at radius 2 is 1.86 bits per heavy atom. The maximum Gasteiger partial charge on any atom is 0.325 e. The van der Waals surface area contributed by atoms with Gasteiger partial charge in [-0.25, -0.2) is 0 Å². The molecule has 1 fully saturated rings. The van der Waals surface area contributed by atoms with E-state index < -0.39 is 12.0 Å². The SMILES string of the molecule is CC(=O)N1CCN([C@H](C(=O)O)c2c[nH]c3ccccc23)CC1. The van der Waals surface area contributed by atoms with Crippen molar-refractivity contribution in [1.29, 1.82) is 0 Å². The van der Waals surface area contributed by atoms with Crippen molar-refractivity contribution < 1.29 is 14.7 Å². The van der Waals surface area contributed by atoms with Crippen LogP contribution in [0.1, 0.15) is 18.5 Å². The average Bonchev–Trinajstić information content (AvgIpc) is 2.92. The molecule has 1 amide bonds. The van der Waals surface area contributed by atoms with E-state index >= 15 is 0 Å². The van der Waals surface area contributed by atoms with Gasteiger partial charge in [-0.05, 0) is 6.07 Å². The van der Waals surface area contributed by atoms with Gasteiger partial charge in [0.2, 0.25) is 5.91 Å². The highest BCUT2D eigenvalue weighted by molar-refractivity contribution is 5.89. The highest BCUT2D eigenvalue weighted by atomic mass is 16.4. The Hall–Kier alpha value is -2.34. The first-order valence-electron chi connectivity index (χ1n) is 7.36. The van der Waals surface area contributed by atoms with Crippen molar-refractivity contribution in [2.45, 2.75) is 13.0 Å². The first kappa shape index (κ1) is 14.6. The highest BCUT2D eigenvalue weighted by Gasteiger charge is 2.32. The summed E-state index contributed by atoms with van der Waals surface area (Å²) in [6.45, 7) is 3.82. The van der Waals surface area contributed by atoms with E-state index in [9.17, 15) is 14.7 Å². The Bertz CT molecular complexity index is 701. The third-order valence-corrected chi connectivity index (χ3v) is 4.27. The number of aromatic nitrogens is 1. The summed E-state index contributed by atoms with van der Waals surface area (Å²) in [4.78, 5) is 30.0. The van der Waals surface area contributed by atoms with E-state index in [-0.39, 0.29) is 5.91 Å². The van der Waals surface area contributed by atoms with Gasteiger partial charge in [0, 0.05) is 55.8 Å². The van der Waals surface area contributed by atoms with Crippen molar-refractivity contribution in [1.82, 2.24) is 14.8 Å². The van der Waals surface area contributed by atoms with E-state index in [4.69, 9.17) is 0 Å². The molecule has 0 aliphatic carbocycles. The van der Waals surface area contributed by atoms with Crippen LogP contribution in [0.2, 0.25) is 0 Å². The lowest BCUT2D eigenvalue weighted by atomic mass is 10.0. The topological polar surface area (TPSA) is 76.6 Å². The predicted molar refractivity (Wildman–Crippen MR) is 82.5 cm³/mol. The van der Waals surface area contributed by atoms with Crippen molar-refractivity contribution in [3.05, 3.63) is 36.0 Å². The van der Waals surface area contributed by atoms with Gasteiger partial charge in [0.05, 0.1) is 0 Å². The zero-order valence-electron chi connectivity index (χ0n) is 12.5. The maximum absolute atomic E-state index is 11.8. The lowest BCUT2D eigenvalue weighted by molar-refractivity contribution is -0.144. The molecule has 1 aromatic carbocycles. The number of carboxylic acid groups (broad SMARTS) is 1. The molecule has 2 aromatic rings. The minimum atomic E-state index is -0.860. The second-order valence-electron chi connectivity index (χ2n) is 5.57. The monoisotopic (exact) mass is 301 g/mol. The molecule has 22 heavy (non-hydrogen) atoms. The molecule has 2 heterocycles. The van der Waals surface area contributed by atoms with E-state index in [1.165, 1.54) is 0 Å². The minimum Gasteiger partial charge on any atom is -0.480 e. The molecule has 0 bridgehead atoms. The van der Waals surface area contributed by atoms with Gasteiger partial charge in [0.15, 0.2) is 0 Å². The molecular weight excluding hydrogens is 282 g/mol. The second kappa shape index (κ2) is 5.81. The highest BCUT2D eigenvalue weighted by Crippen LogP contribution is 2.29. The Morgan fingerprint density at radius 3 is 2.50 bits per heavy atom. The molecule has 0 saturated carbocycles. The summed E-state index contributed by atoms with van der Waals surface area (Å²) in [6.07, 6.45) is 1.78. The largest absolute Gasteiger partial charge is 0.480 e. The summed E-state index contributed by atoms with van der Waals surface area (Å²) in [5.74, 6) is -0.820. The van der Waals surface area contributed by atoms with Gasteiger partial charge in [-0.15, -0.1) is 0 Å². The van der Waals surface area contributed by atoms with Gasteiger partial charge < -0.3 is 15.0 Å². The van der Waals surface area contributed by atoms with Crippen LogP contribution >= 0.6 is 0 Å². The van der Waals surface area contributed by atoms with Crippen LogP contribution in [0.15, 0.2) is 30.5 Å². The van der Waals surface area contributed by atoms with Crippen LogP contribution in [-0.2, 0) is 9.59 Å². The van der Waals surface area contributed by atoms with Crippen molar-refractivity contribution in [3.8, 4) is 0 Å². The standard InChI is InChI=1S/C16H19N3O3/c1-11(20)18-6-8-19(9-7-18)15(16(21)22)13-10-17-14-5-3-2-4-12(13)14/h2-5,10,15,17H,6-9H2,1H3,(H,21,22)/t15-/m0/s1. The van der Waals surface area contributed by atoms with E-state index in [1.807, 2.05) is 29.2 Å². The number of aliphatic carboxylic acids is 1. The van der Waals surface area contributed by atoms with E-state index in [0.29, 0.717) is 26.2 Å². The Kier molecular flexibility index (Phi) is 3.85. The number of H-pyrrole nitrogens is 1. The average molecular weight is 301 g/mol. The third-order valence-electron chi connectivity index (χ3n) is 4.27. The summed E-state index contributed by atoms with van der Waals surface area (Å²) in [5, 5.41) is 10.6. The first-order valence-corrected chi connectivity index (χ1v) is 7.36. The van der Waals surface area contributed by atoms with Crippen LogP contribution in [0.3, 0.4) is 0 Å². The van der Waals surface area contributed by atoms with Crippen LogP contribution in [0.5, 0.6) is 0 Å². The maximum atomic E-state index is 11.8. The first-order chi connectivity index (χ1) is 10.6. The van der Waals surface area contributed by atoms with Crippen molar-refractivity contribution in [2.75, 3.05) is 26.2 Å². The number of hydrogen-bond acceptors (Lipinski definition) is 3. The number of aromatic amines is 1. The number of nitrogens with zero attached hydrogens (tertiary/aromatic N) is 2. The lowest BCUT2D eigenvalue weighted by Crippen LogP contribution is -2.50. The zero-order chi connectivity index (χ0) is 15.7. The Balaban J connectivity index is 1.88. The molecule has 6 nitrogen and oxygen atoms in total. The van der Waals surface area contributed by atoms with Gasteiger partial charge in [0.1, 0.15) is 6.04 Å². The Morgan fingerprint density at radius 1 is 1.18 bits per heavy atom. The number of benzene rings is 1. The molecule has 6 heteroatoms. The summed E-state index contributed by atoms with van der Waals surface area (Å²) >= 11 is 0. The minimum absolute atomic E-state index is 0.0404. The number of nitrogens with one attached hydrogen (secondary N) is 1. The molecular formula is C16H19N3O3. The summed E-state index contributed by atoms with van der Waals surface area (Å²) < 4.78 is 0. The fraction of sp³-hybridized carbons (Fsp3) is 0.375. The molecule has 116 valence electrons. The quantitative estimate of drug-likeness (QED) is 0.900. The number of hydrogen-bond donors (Lipinski definition) is 2. The van der Waals surface area contributed by atoms with E-state index in [2.05, 4.69) is 4.98 Å². The van der Waals surface area contributed by atoms with Crippen LogP contribution in [-0.4, -0.2) is 57.9 Å². The van der Waals surface area contributed by atoms with Crippen molar-refractivity contribution in [3.63, 3.8) is 0 Å². The molecule has 1 atom stereocenters. The second-order valence-corrected chi connectivity index (χ2v) is 5.57. The molecule has 1 aliphatic rings. The molecule has 1 aromatic heterocycles. The Labute approximate surface area is 128 Å². The number of carbonyl (C=O) groups excluding carboxylic acids is 1. The molecule has 0 unspecified atom stereocenters. The summed E-state index contributed by atoms with van der Waals surface area (Å²) in [5.41, 5.74) is 1.71. The third kappa shape index (κ3) is 2.57. The number of amides is 1. The number of carbonyl (C=O) groups is 2. The predicted octanol–water partition coefficient (Wildman–Crippen LogP) is 1.46. The lowest BCUT2D eigenvalue weighted by Gasteiger charge is -2.37. The molecule has 0 spiro atoms. The number of rotatable bonds is 3. The molecule has 1 aliphatic heterocycles. The number of carboxylic acids is 1. The fourth-order valence-corrected chi connectivity index (χ4v) is 3.10. The number of para-hydroxylation sites is 1. The van der Waals surface area contributed by atoms with Gasteiger partial charge in [-0.2, -0.15) is 0 Å². The molecule has 3 rings (SSSR count). The van der Waals surface area contributed by atoms with E-state index in [1.54, 1.807) is 18.0 Å². The molecule has 1 saturated heterocycles. The van der Waals surface area contributed by atoms with Gasteiger partial charge in [0.25, 0.3) is 0 Å². The van der Waals surface area contributed by atoms with Crippen molar-refractivity contribution in [2.24, 2.45) is 0 Å². The van der Waals surface area contributed by atoms with Crippen LogP contribution in [0.25, 0.3) is 10.9 Å². The fourth-order valence-electron chi connectivity index (χ4n) is 3.10. The molecule has 0 radical (unpaired) electrons. The normalized spacial score (nSPS) is 17.6. The molecule has 2 N–H and O–H groups in total. The van der Waals surface area contributed by atoms with Crippen LogP contribution < -0.4 is 0 Å².